The van der Waals surface area contributed by atoms with E-state index < -0.39 is 0 Å². The maximum atomic E-state index is 5.57. The first-order valence-electron chi connectivity index (χ1n) is 9.74. The third-order valence-electron chi connectivity index (χ3n) is 5.77. The summed E-state index contributed by atoms with van der Waals surface area (Å²) in [5, 5.41) is 0.923. The van der Waals surface area contributed by atoms with Crippen LogP contribution in [0.25, 0.3) is 0 Å². The topological polar surface area (TPSA) is 38.2 Å². The van der Waals surface area contributed by atoms with E-state index in [1.807, 2.05) is 31.5 Å². The van der Waals surface area contributed by atoms with Gasteiger partial charge < -0.3 is 9.64 Å². The van der Waals surface area contributed by atoms with Gasteiger partial charge in [-0.25, -0.2) is 9.97 Å². The molecule has 0 unspecified atom stereocenters. The molecule has 2 heterocycles. The number of nitrogens with zero attached hydrogens (tertiary/aromatic N) is 3. The fraction of sp³-hybridized carbons (Fsp3) is 0.524. The molecule has 4 rings (SSSR count). The van der Waals surface area contributed by atoms with Gasteiger partial charge in [-0.05, 0) is 56.2 Å². The van der Waals surface area contributed by atoms with Crippen molar-refractivity contribution in [3.8, 4) is 5.75 Å². The van der Waals surface area contributed by atoms with E-state index in [0.29, 0.717) is 12.0 Å². The molecule has 1 saturated heterocycles. The highest BCUT2D eigenvalue weighted by Gasteiger charge is 2.37. The first-order valence-corrected chi connectivity index (χ1v) is 10.6. The Labute approximate surface area is 160 Å². The Hall–Kier alpha value is -1.75. The third-order valence-corrected chi connectivity index (χ3v) is 6.68. The van der Waals surface area contributed by atoms with Crippen LogP contribution in [0, 0.1) is 5.41 Å². The van der Waals surface area contributed by atoms with Gasteiger partial charge in [0.25, 0.3) is 0 Å². The first kappa shape index (κ1) is 17.7. The van der Waals surface area contributed by atoms with Crippen molar-refractivity contribution in [2.45, 2.75) is 55.4 Å². The number of benzene rings is 1. The van der Waals surface area contributed by atoms with E-state index >= 15 is 0 Å². The molecule has 1 aromatic carbocycles. The molecular formula is C21H27N3OS. The highest BCUT2D eigenvalue weighted by molar-refractivity contribution is 7.99. The van der Waals surface area contributed by atoms with Crippen LogP contribution in [-0.2, 0) is 0 Å². The fourth-order valence-corrected chi connectivity index (χ4v) is 5.05. The van der Waals surface area contributed by atoms with Crippen LogP contribution in [-0.4, -0.2) is 29.7 Å². The van der Waals surface area contributed by atoms with Gasteiger partial charge in [-0.1, -0.05) is 30.7 Å². The summed E-state index contributed by atoms with van der Waals surface area (Å²) >= 11 is 1.63. The maximum absolute atomic E-state index is 5.57. The van der Waals surface area contributed by atoms with Crippen LogP contribution in [0.15, 0.2) is 46.6 Å². The van der Waals surface area contributed by atoms with Gasteiger partial charge in [0.2, 0.25) is 0 Å². The minimum atomic E-state index is 0.644. The number of hydrogen-bond donors (Lipinski definition) is 0. The van der Waals surface area contributed by atoms with Crippen molar-refractivity contribution >= 4 is 17.6 Å². The van der Waals surface area contributed by atoms with E-state index in [1.165, 1.54) is 38.5 Å². The van der Waals surface area contributed by atoms with E-state index in [0.717, 1.165) is 34.6 Å². The average Bonchev–Trinajstić information content (AvgIpc) is 3.12. The Balaban J connectivity index is 1.37. The van der Waals surface area contributed by atoms with E-state index in [-0.39, 0.29) is 0 Å². The Bertz CT molecular complexity index is 718. The molecule has 1 aliphatic carbocycles. The smallest absolute Gasteiger partial charge is 0.147 e. The average molecular weight is 370 g/mol. The van der Waals surface area contributed by atoms with Crippen molar-refractivity contribution in [3.05, 3.63) is 36.7 Å². The molecule has 1 spiro atoms. The third kappa shape index (κ3) is 3.98. The van der Waals surface area contributed by atoms with Gasteiger partial charge >= 0.3 is 0 Å². The van der Waals surface area contributed by atoms with E-state index in [1.54, 1.807) is 11.8 Å². The molecule has 1 aromatic heterocycles. The summed E-state index contributed by atoms with van der Waals surface area (Å²) < 4.78 is 5.57. The quantitative estimate of drug-likeness (QED) is 0.725. The van der Waals surface area contributed by atoms with Crippen LogP contribution in [0.5, 0.6) is 5.75 Å². The van der Waals surface area contributed by atoms with Gasteiger partial charge in [-0.15, -0.1) is 0 Å². The number of rotatable bonds is 5. The molecule has 138 valence electrons. The van der Waals surface area contributed by atoms with Crippen molar-refractivity contribution in [1.82, 2.24) is 9.97 Å². The predicted octanol–water partition coefficient (Wildman–Crippen LogP) is 5.19. The Morgan fingerprint density at radius 2 is 1.88 bits per heavy atom. The molecule has 1 saturated carbocycles. The first-order chi connectivity index (χ1) is 12.8. The molecule has 26 heavy (non-hydrogen) atoms. The zero-order chi connectivity index (χ0) is 17.8. The Kier molecular flexibility index (Phi) is 5.34. The molecule has 2 aliphatic rings. The van der Waals surface area contributed by atoms with Crippen LogP contribution < -0.4 is 9.64 Å². The lowest BCUT2D eigenvalue weighted by Crippen LogP contribution is -2.39. The standard InChI is InChI=1S/C21H27N3OS/c1-2-25-17-6-5-7-18(14-17)26-20-16-22-19(15-23-20)24-12-10-21(11-13-24)8-3-4-9-21/h5-7,14-16H,2-4,8-13H2,1H3. The second-order valence-corrected chi connectivity index (χ2v) is 8.51. The van der Waals surface area contributed by atoms with Crippen molar-refractivity contribution in [3.63, 3.8) is 0 Å². The van der Waals surface area contributed by atoms with Gasteiger partial charge in [0.05, 0.1) is 19.0 Å². The number of ether oxygens (including phenoxy) is 1. The van der Waals surface area contributed by atoms with Crippen molar-refractivity contribution in [1.29, 1.82) is 0 Å². The number of aromatic nitrogens is 2. The molecule has 0 bridgehead atoms. The van der Waals surface area contributed by atoms with Gasteiger partial charge in [-0.3, -0.25) is 0 Å². The molecule has 1 aliphatic heterocycles. The maximum Gasteiger partial charge on any atom is 0.147 e. The highest BCUT2D eigenvalue weighted by atomic mass is 32.2. The predicted molar refractivity (Wildman–Crippen MR) is 106 cm³/mol. The largest absolute Gasteiger partial charge is 0.494 e. The SMILES string of the molecule is CCOc1cccc(Sc2cnc(N3CCC4(CCCC4)CC3)cn2)c1. The van der Waals surface area contributed by atoms with E-state index in [2.05, 4.69) is 27.0 Å². The highest BCUT2D eigenvalue weighted by Crippen LogP contribution is 2.46. The summed E-state index contributed by atoms with van der Waals surface area (Å²) in [7, 11) is 0. The van der Waals surface area contributed by atoms with E-state index in [4.69, 9.17) is 4.74 Å². The van der Waals surface area contributed by atoms with Crippen LogP contribution in [0.1, 0.15) is 45.4 Å². The molecule has 0 N–H and O–H groups in total. The van der Waals surface area contributed by atoms with Crippen LogP contribution in [0.4, 0.5) is 5.82 Å². The molecule has 5 heteroatoms. The van der Waals surface area contributed by atoms with Crippen molar-refractivity contribution < 1.29 is 4.74 Å². The lowest BCUT2D eigenvalue weighted by Gasteiger charge is -2.39. The van der Waals surface area contributed by atoms with Gasteiger partial charge in [0.15, 0.2) is 0 Å². The van der Waals surface area contributed by atoms with Gasteiger partial charge in [0.1, 0.15) is 16.6 Å². The zero-order valence-electron chi connectivity index (χ0n) is 15.5. The number of piperidine rings is 1. The number of anilines is 1. The lowest BCUT2D eigenvalue weighted by atomic mass is 9.77. The van der Waals surface area contributed by atoms with Crippen molar-refractivity contribution in [2.75, 3.05) is 24.6 Å². The fourth-order valence-electron chi connectivity index (χ4n) is 4.28. The normalized spacial score (nSPS) is 19.0. The second-order valence-electron chi connectivity index (χ2n) is 7.42. The van der Waals surface area contributed by atoms with Crippen LogP contribution in [0.3, 0.4) is 0 Å². The summed E-state index contributed by atoms with van der Waals surface area (Å²) in [5.41, 5.74) is 0.644. The Morgan fingerprint density at radius 1 is 1.08 bits per heavy atom. The summed E-state index contributed by atoms with van der Waals surface area (Å²) in [4.78, 5) is 12.8. The van der Waals surface area contributed by atoms with E-state index in [9.17, 15) is 0 Å². The summed E-state index contributed by atoms with van der Waals surface area (Å²) in [6.45, 7) is 4.92. The molecular weight excluding hydrogens is 342 g/mol. The van der Waals surface area contributed by atoms with Gasteiger partial charge in [0, 0.05) is 18.0 Å². The summed E-state index contributed by atoms with van der Waals surface area (Å²) in [5.74, 6) is 1.92. The minimum Gasteiger partial charge on any atom is -0.494 e. The van der Waals surface area contributed by atoms with Gasteiger partial charge in [-0.2, -0.15) is 0 Å². The minimum absolute atomic E-state index is 0.644. The summed E-state index contributed by atoms with van der Waals surface area (Å²) in [6.07, 6.45) is 12.2. The summed E-state index contributed by atoms with van der Waals surface area (Å²) in [6, 6.07) is 8.13. The molecule has 4 nitrogen and oxygen atoms in total. The van der Waals surface area contributed by atoms with Crippen LogP contribution >= 0.6 is 11.8 Å². The monoisotopic (exact) mass is 369 g/mol. The molecule has 0 atom stereocenters. The molecule has 0 radical (unpaired) electrons. The lowest BCUT2D eigenvalue weighted by molar-refractivity contribution is 0.226. The second kappa shape index (κ2) is 7.87. The Morgan fingerprint density at radius 3 is 2.58 bits per heavy atom. The van der Waals surface area contributed by atoms with Crippen molar-refractivity contribution in [2.24, 2.45) is 5.41 Å². The molecule has 2 fully saturated rings. The number of hydrogen-bond acceptors (Lipinski definition) is 5. The zero-order valence-corrected chi connectivity index (χ0v) is 16.3. The molecule has 2 aromatic rings. The molecule has 0 amide bonds. The van der Waals surface area contributed by atoms with Crippen LogP contribution in [0.2, 0.25) is 0 Å².